The van der Waals surface area contributed by atoms with E-state index >= 15 is 0 Å². The molecule has 1 fully saturated rings. The minimum absolute atomic E-state index is 0.730. The van der Waals surface area contributed by atoms with Crippen LogP contribution in [0.1, 0.15) is 46.0 Å². The molecule has 0 radical (unpaired) electrons. The summed E-state index contributed by atoms with van der Waals surface area (Å²) in [6.07, 6.45) is 7.09. The van der Waals surface area contributed by atoms with Gasteiger partial charge in [0.2, 0.25) is 0 Å². The van der Waals surface area contributed by atoms with Crippen molar-refractivity contribution < 1.29 is 0 Å². The van der Waals surface area contributed by atoms with E-state index in [0.717, 1.165) is 12.0 Å². The molecule has 1 aliphatic rings. The molecular formula is C10H21N. The fourth-order valence-electron chi connectivity index (χ4n) is 1.73. The van der Waals surface area contributed by atoms with E-state index in [1.807, 2.05) is 0 Å². The van der Waals surface area contributed by atoms with Crippen LogP contribution in [0.5, 0.6) is 0 Å². The summed E-state index contributed by atoms with van der Waals surface area (Å²) >= 11 is 0. The molecule has 2 unspecified atom stereocenters. The molecule has 0 amide bonds. The molecule has 1 heterocycles. The summed E-state index contributed by atoms with van der Waals surface area (Å²) in [6.45, 7) is 5.91. The average molecular weight is 155 g/mol. The van der Waals surface area contributed by atoms with Crippen molar-refractivity contribution in [1.82, 2.24) is 5.32 Å². The van der Waals surface area contributed by atoms with Crippen molar-refractivity contribution in [2.24, 2.45) is 5.92 Å². The minimum Gasteiger partial charge on any atom is -0.314 e. The average Bonchev–Trinajstić information content (AvgIpc) is 2.07. The van der Waals surface area contributed by atoms with E-state index in [2.05, 4.69) is 19.2 Å². The zero-order valence-electron chi connectivity index (χ0n) is 7.90. The molecule has 2 atom stereocenters. The van der Waals surface area contributed by atoms with Gasteiger partial charge < -0.3 is 5.32 Å². The van der Waals surface area contributed by atoms with Gasteiger partial charge in [0.05, 0.1) is 0 Å². The van der Waals surface area contributed by atoms with Gasteiger partial charge in [0.15, 0.2) is 0 Å². The predicted octanol–water partition coefficient (Wildman–Crippen LogP) is 2.56. The maximum Gasteiger partial charge on any atom is 0.00643 e. The van der Waals surface area contributed by atoms with Gasteiger partial charge in [0.1, 0.15) is 0 Å². The van der Waals surface area contributed by atoms with E-state index in [0.29, 0.717) is 0 Å². The largest absolute Gasteiger partial charge is 0.314 e. The van der Waals surface area contributed by atoms with Crippen LogP contribution in [-0.2, 0) is 0 Å². The van der Waals surface area contributed by atoms with Gasteiger partial charge >= 0.3 is 0 Å². The molecule has 0 bridgehead atoms. The SMILES string of the molecule is CC1CCCCCCNC1C. The Kier molecular flexibility index (Phi) is 3.92. The molecule has 1 aliphatic heterocycles. The Bertz CT molecular complexity index is 89.0. The Labute approximate surface area is 70.6 Å². The molecule has 0 spiro atoms. The molecule has 1 nitrogen and oxygen atoms in total. The Hall–Kier alpha value is -0.0400. The van der Waals surface area contributed by atoms with E-state index in [1.165, 1.54) is 38.6 Å². The van der Waals surface area contributed by atoms with E-state index < -0.39 is 0 Å². The molecule has 0 aromatic heterocycles. The van der Waals surface area contributed by atoms with Crippen LogP contribution in [0.25, 0.3) is 0 Å². The van der Waals surface area contributed by atoms with E-state index in [9.17, 15) is 0 Å². The second-order valence-electron chi connectivity index (χ2n) is 3.92. The van der Waals surface area contributed by atoms with Crippen LogP contribution in [0.2, 0.25) is 0 Å². The Morgan fingerprint density at radius 2 is 1.73 bits per heavy atom. The number of hydrogen-bond donors (Lipinski definition) is 1. The lowest BCUT2D eigenvalue weighted by Gasteiger charge is -2.19. The third kappa shape index (κ3) is 3.24. The van der Waals surface area contributed by atoms with Crippen LogP contribution in [0.3, 0.4) is 0 Å². The molecule has 1 rings (SSSR count). The summed E-state index contributed by atoms with van der Waals surface area (Å²) in [4.78, 5) is 0. The Morgan fingerprint density at radius 1 is 1.00 bits per heavy atom. The molecule has 0 aliphatic carbocycles. The van der Waals surface area contributed by atoms with Gasteiger partial charge in [-0.3, -0.25) is 0 Å². The highest BCUT2D eigenvalue weighted by Gasteiger charge is 2.11. The fraction of sp³-hybridized carbons (Fsp3) is 1.00. The van der Waals surface area contributed by atoms with Gasteiger partial charge in [-0.1, -0.05) is 26.2 Å². The zero-order valence-corrected chi connectivity index (χ0v) is 7.90. The van der Waals surface area contributed by atoms with Crippen molar-refractivity contribution >= 4 is 0 Å². The summed E-state index contributed by atoms with van der Waals surface area (Å²) in [7, 11) is 0. The van der Waals surface area contributed by atoms with Crippen LogP contribution in [0.4, 0.5) is 0 Å². The summed E-state index contributed by atoms with van der Waals surface area (Å²) in [5.41, 5.74) is 0. The lowest BCUT2D eigenvalue weighted by Crippen LogP contribution is -2.32. The maximum absolute atomic E-state index is 3.57. The predicted molar refractivity (Wildman–Crippen MR) is 49.7 cm³/mol. The fourth-order valence-corrected chi connectivity index (χ4v) is 1.73. The topological polar surface area (TPSA) is 12.0 Å². The third-order valence-corrected chi connectivity index (χ3v) is 2.91. The first kappa shape index (κ1) is 9.05. The normalized spacial score (nSPS) is 35.5. The second-order valence-corrected chi connectivity index (χ2v) is 3.92. The molecule has 1 saturated heterocycles. The number of hydrogen-bond acceptors (Lipinski definition) is 1. The van der Waals surface area contributed by atoms with Crippen LogP contribution in [0, 0.1) is 5.92 Å². The van der Waals surface area contributed by atoms with Gasteiger partial charge in [-0.2, -0.15) is 0 Å². The van der Waals surface area contributed by atoms with E-state index in [-0.39, 0.29) is 0 Å². The lowest BCUT2D eigenvalue weighted by molar-refractivity contribution is 0.383. The summed E-state index contributed by atoms with van der Waals surface area (Å²) in [5, 5.41) is 3.57. The van der Waals surface area contributed by atoms with Gasteiger partial charge in [-0.15, -0.1) is 0 Å². The molecule has 1 heteroatoms. The van der Waals surface area contributed by atoms with Crippen molar-refractivity contribution in [2.75, 3.05) is 6.54 Å². The number of rotatable bonds is 0. The monoisotopic (exact) mass is 155 g/mol. The molecular weight excluding hydrogens is 134 g/mol. The Balaban J connectivity index is 2.29. The quantitative estimate of drug-likeness (QED) is 0.567. The number of nitrogens with one attached hydrogen (secondary N) is 1. The lowest BCUT2D eigenvalue weighted by atomic mass is 9.97. The Morgan fingerprint density at radius 3 is 2.55 bits per heavy atom. The first-order valence-corrected chi connectivity index (χ1v) is 5.04. The van der Waals surface area contributed by atoms with Crippen molar-refractivity contribution in [3.63, 3.8) is 0 Å². The minimum atomic E-state index is 0.730. The molecule has 11 heavy (non-hydrogen) atoms. The van der Waals surface area contributed by atoms with Crippen LogP contribution in [0.15, 0.2) is 0 Å². The van der Waals surface area contributed by atoms with Gasteiger partial charge in [0, 0.05) is 6.04 Å². The van der Waals surface area contributed by atoms with Gasteiger partial charge in [0.25, 0.3) is 0 Å². The van der Waals surface area contributed by atoms with E-state index in [1.54, 1.807) is 0 Å². The van der Waals surface area contributed by atoms with Crippen LogP contribution >= 0.6 is 0 Å². The van der Waals surface area contributed by atoms with Crippen LogP contribution in [-0.4, -0.2) is 12.6 Å². The second kappa shape index (κ2) is 4.76. The summed E-state index contributed by atoms with van der Waals surface area (Å²) < 4.78 is 0. The highest BCUT2D eigenvalue weighted by atomic mass is 14.9. The van der Waals surface area contributed by atoms with Crippen molar-refractivity contribution in [1.29, 1.82) is 0 Å². The molecule has 0 aromatic rings. The highest BCUT2D eigenvalue weighted by Crippen LogP contribution is 2.15. The van der Waals surface area contributed by atoms with Crippen LogP contribution < -0.4 is 5.32 Å². The first-order valence-electron chi connectivity index (χ1n) is 5.04. The highest BCUT2D eigenvalue weighted by molar-refractivity contribution is 4.70. The third-order valence-electron chi connectivity index (χ3n) is 2.91. The smallest absolute Gasteiger partial charge is 0.00643 e. The van der Waals surface area contributed by atoms with Crippen molar-refractivity contribution in [3.05, 3.63) is 0 Å². The first-order chi connectivity index (χ1) is 5.30. The molecule has 66 valence electrons. The van der Waals surface area contributed by atoms with Gasteiger partial charge in [-0.25, -0.2) is 0 Å². The van der Waals surface area contributed by atoms with Crippen molar-refractivity contribution in [3.8, 4) is 0 Å². The molecule has 0 saturated carbocycles. The molecule has 0 aromatic carbocycles. The summed E-state index contributed by atoms with van der Waals surface area (Å²) in [5.74, 6) is 0.869. The van der Waals surface area contributed by atoms with E-state index in [4.69, 9.17) is 0 Å². The van der Waals surface area contributed by atoms with Crippen molar-refractivity contribution in [2.45, 2.75) is 52.0 Å². The molecule has 1 N–H and O–H groups in total. The zero-order chi connectivity index (χ0) is 8.10. The maximum atomic E-state index is 3.57. The summed E-state index contributed by atoms with van der Waals surface area (Å²) in [6, 6.07) is 0.730. The standard InChI is InChI=1S/C10H21N/c1-9-7-5-3-4-6-8-11-10(9)2/h9-11H,3-8H2,1-2H3. The van der Waals surface area contributed by atoms with Gasteiger partial charge in [-0.05, 0) is 32.2 Å².